The van der Waals surface area contributed by atoms with E-state index < -0.39 is 23.4 Å². The van der Waals surface area contributed by atoms with Crippen molar-refractivity contribution in [3.63, 3.8) is 0 Å². The lowest BCUT2D eigenvalue weighted by Crippen LogP contribution is -2.50. The van der Waals surface area contributed by atoms with Gasteiger partial charge in [-0.15, -0.1) is 68.0 Å². The highest BCUT2D eigenvalue weighted by molar-refractivity contribution is 9.08. The number of fused-ring (bicyclic) bond motifs is 6. The Morgan fingerprint density at radius 1 is 0.422 bits per heavy atom. The third-order valence-electron chi connectivity index (χ3n) is 23.0. The summed E-state index contributed by atoms with van der Waals surface area (Å²) in [4.78, 5) is 140. The van der Waals surface area contributed by atoms with Gasteiger partial charge < -0.3 is 35.0 Å². The number of carbonyl (C=O) groups excluding carboxylic acids is 2. The summed E-state index contributed by atoms with van der Waals surface area (Å²) in [7, 11) is 0. The van der Waals surface area contributed by atoms with Crippen LogP contribution in [0.3, 0.4) is 0 Å². The molecule has 2 atom stereocenters. The number of nitriles is 5. The van der Waals surface area contributed by atoms with E-state index in [9.17, 15) is 54.0 Å². The van der Waals surface area contributed by atoms with Gasteiger partial charge in [-0.25, -0.2) is 39.5 Å². The van der Waals surface area contributed by atoms with Gasteiger partial charge in [0, 0.05) is 72.9 Å². The van der Waals surface area contributed by atoms with Crippen LogP contribution in [-0.4, -0.2) is 124 Å². The van der Waals surface area contributed by atoms with Crippen LogP contribution in [0, 0.1) is 70.5 Å². The summed E-state index contributed by atoms with van der Waals surface area (Å²) in [5.74, 6) is 1.04. The average molecular weight is 2230 g/mol. The number of amides is 2. The number of anilines is 2. The fourth-order valence-corrected chi connectivity index (χ4v) is 23.0. The number of aliphatic hydroxyl groups is 1. The number of thiophene rings is 6. The summed E-state index contributed by atoms with van der Waals surface area (Å²) in [5.41, 5.74) is 7.96. The molecular formula is C104H96BrCl4N21O11S6. The Bertz CT molecular complexity index is 8120. The quantitative estimate of drug-likeness (QED) is 0.0458. The maximum Gasteiger partial charge on any atom is 0.407 e. The molecular weight excluding hydrogens is 2130 g/mol. The molecule has 0 saturated carbocycles. The Balaban J connectivity index is 0.000000143. The molecule has 14 heterocycles. The van der Waals surface area contributed by atoms with E-state index in [1.54, 1.807) is 69.8 Å². The van der Waals surface area contributed by atoms with Crippen molar-refractivity contribution in [1.82, 2.24) is 68.4 Å². The highest BCUT2D eigenvalue weighted by Gasteiger charge is 2.32. The fourth-order valence-electron chi connectivity index (χ4n) is 16.2. The number of carbonyl (C=O) groups is 2. The maximum atomic E-state index is 13.7. The second kappa shape index (κ2) is 48.8. The van der Waals surface area contributed by atoms with Crippen molar-refractivity contribution in [2.24, 2.45) is 0 Å². The van der Waals surface area contributed by atoms with Gasteiger partial charge in [0.05, 0.1) is 131 Å². The third-order valence-corrected chi connectivity index (χ3v) is 31.8. The number of H-pyrrole nitrogens is 1. The van der Waals surface area contributed by atoms with Crippen LogP contribution >= 0.6 is 130 Å². The minimum absolute atomic E-state index is 0.107. The van der Waals surface area contributed by atoms with Crippen LogP contribution in [-0.2, 0) is 67.0 Å². The minimum Gasteiger partial charge on any atom is -0.444 e. The molecule has 19 rings (SSSR count). The van der Waals surface area contributed by atoms with Gasteiger partial charge in [0.15, 0.2) is 0 Å². The van der Waals surface area contributed by atoms with E-state index in [0.29, 0.717) is 131 Å². The molecule has 0 bridgehead atoms. The van der Waals surface area contributed by atoms with E-state index in [0.717, 1.165) is 97.3 Å². The molecule has 4 N–H and O–H groups in total. The number of ether oxygens (including phenoxy) is 2. The van der Waals surface area contributed by atoms with Crippen molar-refractivity contribution in [3.8, 4) is 30.3 Å². The molecule has 2 saturated heterocycles. The molecule has 12 aromatic heterocycles. The van der Waals surface area contributed by atoms with E-state index in [1.165, 1.54) is 81.7 Å². The van der Waals surface area contributed by atoms with Gasteiger partial charge >= 0.3 is 12.2 Å². The predicted octanol–water partition coefficient (Wildman–Crippen LogP) is 20.6. The molecule has 2 amide bonds. The molecule has 2 fully saturated rings. The molecule has 2 aliphatic rings. The van der Waals surface area contributed by atoms with Crippen molar-refractivity contribution in [2.45, 2.75) is 176 Å². The lowest BCUT2D eigenvalue weighted by atomic mass is 10.1. The number of nitrogens with one attached hydrogen (secondary N) is 3. The molecule has 0 radical (unpaired) electrons. The van der Waals surface area contributed by atoms with Crippen LogP contribution in [0.5, 0.6) is 0 Å². The predicted molar refractivity (Wildman–Crippen MR) is 587 cm³/mol. The van der Waals surface area contributed by atoms with Crippen molar-refractivity contribution in [1.29, 1.82) is 26.3 Å². The van der Waals surface area contributed by atoms with Crippen molar-refractivity contribution in [3.05, 3.63) is 326 Å². The Kier molecular flexibility index (Phi) is 36.2. The van der Waals surface area contributed by atoms with Gasteiger partial charge in [0.25, 0.3) is 33.4 Å². The molecule has 0 unspecified atom stereocenters. The Labute approximate surface area is 894 Å². The number of hydrogen-bond donors (Lipinski definition) is 4. The topological polar surface area (TPSA) is 443 Å². The monoisotopic (exact) mass is 2230 g/mol. The number of nitrogens with zero attached hydrogens (tertiary/aromatic N) is 18. The number of benzene rings is 5. The number of hydrogen-bond acceptors (Lipinski definition) is 30. The van der Waals surface area contributed by atoms with E-state index in [-0.39, 0.29) is 106 Å². The molecule has 754 valence electrons. The van der Waals surface area contributed by atoms with E-state index in [4.69, 9.17) is 81.6 Å². The van der Waals surface area contributed by atoms with Gasteiger partial charge in [-0.2, -0.15) is 26.3 Å². The number of piperidine rings is 2. The third kappa shape index (κ3) is 26.9. The fraction of sp³-hybridized carbons (Fsp3) is 0.298. The van der Waals surface area contributed by atoms with Crippen LogP contribution in [0.15, 0.2) is 186 Å². The SMILES string of the molecule is CC(C)(C)OC(=O)N[C@@H]1CCCN(c2nc3cc(CO)sc3c(=O)n2Cc2ccccc2C#N)C1.CCc1cc2nc(Cl)n(Cc3ccccc3C#N)c(=O)c2s1.CCc1cc2nc(N3CCC[C@@H](NC(=O)OC(C)(C)C)C3)n(Cc3ccccc3C#N)c(=O)c2s1.Cc1cc2nc(Cl)[nH]c(=O)c2s1.Cc1cc2nc(Cl)n(Cc3ccccc3C#N)c(=O)c2s1.N#Cc1ccccc1Cn1c(Cl)nc2cc(CBr)sc2c1=O. The normalized spacial score (nSPS) is 13.4. The molecule has 32 nitrogen and oxygen atoms in total. The summed E-state index contributed by atoms with van der Waals surface area (Å²) in [5, 5.41) is 63.3. The second-order valence-corrected chi connectivity index (χ2v) is 44.8. The highest BCUT2D eigenvalue weighted by Crippen LogP contribution is 2.34. The Hall–Kier alpha value is -13.7. The highest BCUT2D eigenvalue weighted by atomic mass is 79.9. The first-order chi connectivity index (χ1) is 70.4. The van der Waals surface area contributed by atoms with Gasteiger partial charge in [0.2, 0.25) is 33.0 Å². The Morgan fingerprint density at radius 2 is 0.707 bits per heavy atom. The second-order valence-electron chi connectivity index (χ2n) is 35.8. The summed E-state index contributed by atoms with van der Waals surface area (Å²) in [6, 6.07) is 57.6. The first kappa shape index (κ1) is 109. The number of halogens is 5. The molecule has 0 aliphatic carbocycles. The van der Waals surface area contributed by atoms with Crippen molar-refractivity contribution < 1.29 is 24.2 Å². The van der Waals surface area contributed by atoms with Crippen molar-refractivity contribution >= 4 is 216 Å². The lowest BCUT2D eigenvalue weighted by molar-refractivity contribution is 0.0488. The minimum atomic E-state index is -0.594. The van der Waals surface area contributed by atoms with Crippen LogP contribution < -0.4 is 53.8 Å². The average Bonchev–Trinajstić information content (AvgIpc) is 1.68. The smallest absolute Gasteiger partial charge is 0.407 e. The summed E-state index contributed by atoms with van der Waals surface area (Å²) < 4.78 is 21.8. The number of aryl methyl sites for hydroxylation is 4. The van der Waals surface area contributed by atoms with Gasteiger partial charge in [-0.1, -0.05) is 121 Å². The zero-order valence-corrected chi connectivity index (χ0v) is 90.6. The van der Waals surface area contributed by atoms with E-state index in [1.807, 2.05) is 164 Å². The molecule has 147 heavy (non-hydrogen) atoms. The maximum absolute atomic E-state index is 13.7. The zero-order chi connectivity index (χ0) is 105. The number of alkyl carbamates (subject to hydrolysis) is 2. The summed E-state index contributed by atoms with van der Waals surface area (Å²) >= 11 is 35.8. The zero-order valence-electron chi connectivity index (χ0n) is 81.1. The van der Waals surface area contributed by atoms with E-state index >= 15 is 0 Å². The standard InChI is InChI=1S/C26H31N5O3S.C25H29N5O4S.C16H12ClN3OS.C15H9BrClN3OS.C15H10ClN3OS.C7H5ClN2OS/c1-5-20-13-21-22(35-20)23(32)31(15-18-10-7-6-9-17(18)14-27)24(29-21)30-12-8-11-19(16-30)28-25(33)34-26(2,3)4;1-25(2,3)34-24(33)27-18-9-6-10-29(14-18)23-28-20-11-19(15-31)35-21(20)22(32)30(23)13-17-8-5-4-7-16(17)12-26;1-2-12-7-13-14(22-12)15(21)20(16(17)19-13)9-11-6-4-3-5-10(11)8-18;16-6-11-5-12-13(22-11)14(21)20(15(17)19-12)8-10-4-2-1-3-9(10)7-18;1-9-6-12-13(21-9)14(20)19(15(16)18-12)8-11-5-3-2-4-10(11)7-17;1-3-2-4-5(12-3)6(11)10-7(8)9-4/h6-7,9-10,13,19H,5,8,11-12,15-16H2,1-4H3,(H,28,33);4-5,7-8,11,18,31H,6,9-10,13-15H2,1-3H3,(H,27,33);3-7H,2,9H2,1H3;1-5H,6,8H2;2-6H,8H2,1H3;2H,1H3,(H,9,10,11)/t19-;18-;;;;/m11..../s1. The first-order valence-electron chi connectivity index (χ1n) is 46.2. The first-order valence-corrected chi connectivity index (χ1v) is 53.8. The number of aliphatic hydroxyl groups excluding tert-OH is 1. The molecule has 43 heteroatoms. The summed E-state index contributed by atoms with van der Waals surface area (Å²) in [6.45, 7) is 22.3. The van der Waals surface area contributed by atoms with Crippen LogP contribution in [0.4, 0.5) is 21.5 Å². The Morgan fingerprint density at radius 3 is 1.04 bits per heavy atom. The van der Waals surface area contributed by atoms with Crippen LogP contribution in [0.2, 0.25) is 21.1 Å². The van der Waals surface area contributed by atoms with Crippen LogP contribution in [0.25, 0.3) is 61.3 Å². The van der Waals surface area contributed by atoms with Gasteiger partial charge in [0.1, 0.15) is 39.4 Å². The molecule has 17 aromatic rings. The van der Waals surface area contributed by atoms with Gasteiger partial charge in [-0.05, 0) is 235 Å². The van der Waals surface area contributed by atoms with Crippen molar-refractivity contribution in [2.75, 3.05) is 36.0 Å². The molecule has 5 aromatic carbocycles. The molecule has 0 spiro atoms. The number of rotatable bonds is 18. The number of alkyl halides is 1. The van der Waals surface area contributed by atoms with Gasteiger partial charge in [-0.3, -0.25) is 56.6 Å². The molecule has 2 aliphatic heterocycles. The van der Waals surface area contributed by atoms with E-state index in [2.05, 4.69) is 93.7 Å². The lowest BCUT2D eigenvalue weighted by Gasteiger charge is -2.35. The number of aromatic amines is 1. The largest absolute Gasteiger partial charge is 0.444 e. The number of aromatic nitrogens is 12. The summed E-state index contributed by atoms with van der Waals surface area (Å²) in [6.07, 6.45) is 4.01. The van der Waals surface area contributed by atoms with Crippen LogP contribution in [0.1, 0.15) is 166 Å².